The molecule has 1 amide bonds. The number of hydrogen-bond donors (Lipinski definition) is 0. The van der Waals surface area contributed by atoms with Gasteiger partial charge in [0.15, 0.2) is 11.5 Å². The van der Waals surface area contributed by atoms with E-state index in [1.54, 1.807) is 11.0 Å². The Morgan fingerprint density at radius 1 is 1.12 bits per heavy atom. The van der Waals surface area contributed by atoms with Gasteiger partial charge >= 0.3 is 0 Å². The van der Waals surface area contributed by atoms with E-state index in [2.05, 4.69) is 19.9 Å². The number of nitrogens with zero attached hydrogens (tertiary/aromatic N) is 1. The summed E-state index contributed by atoms with van der Waals surface area (Å²) in [5.41, 5.74) is 4.19. The fraction of sp³-hybridized carbons (Fsp3) is 0.321. The highest BCUT2D eigenvalue weighted by Gasteiger charge is 2.32. The zero-order chi connectivity index (χ0) is 23.2. The fourth-order valence-corrected chi connectivity index (χ4v) is 4.77. The van der Waals surface area contributed by atoms with Crippen LogP contribution in [0.25, 0.3) is 0 Å². The van der Waals surface area contributed by atoms with Gasteiger partial charge in [0.25, 0.3) is 5.91 Å². The third-order valence-corrected chi connectivity index (χ3v) is 6.44. The van der Waals surface area contributed by atoms with Gasteiger partial charge in [-0.1, -0.05) is 24.3 Å². The standard InChI is InChI=1S/C28H28FNO3/c1-18-7-10-21-15-23(29)13-14-24(21)30(18)27(31)20-11-8-19(9-12-20)17-32-25-6-4-5-22-16-28(2,3)33-26(22)25/h4-6,8-9,11-15,18H,7,10,16-17H2,1-3H3. The van der Waals surface area contributed by atoms with Crippen LogP contribution < -0.4 is 14.4 Å². The van der Waals surface area contributed by atoms with E-state index in [0.29, 0.717) is 12.2 Å². The normalized spacial score (nSPS) is 18.3. The molecule has 0 saturated heterocycles. The van der Waals surface area contributed by atoms with Gasteiger partial charge in [-0.25, -0.2) is 4.39 Å². The molecule has 5 heteroatoms. The van der Waals surface area contributed by atoms with E-state index in [4.69, 9.17) is 9.47 Å². The molecule has 0 spiro atoms. The van der Waals surface area contributed by atoms with Crippen LogP contribution in [0, 0.1) is 5.82 Å². The summed E-state index contributed by atoms with van der Waals surface area (Å²) in [6.45, 7) is 6.57. The number of rotatable bonds is 4. The molecule has 0 aromatic heterocycles. The Kier molecular flexibility index (Phi) is 5.35. The molecule has 0 N–H and O–H groups in total. The Morgan fingerprint density at radius 2 is 1.91 bits per heavy atom. The summed E-state index contributed by atoms with van der Waals surface area (Å²) in [5, 5.41) is 0. The summed E-state index contributed by atoms with van der Waals surface area (Å²) in [5.74, 6) is 1.23. The smallest absolute Gasteiger partial charge is 0.258 e. The van der Waals surface area contributed by atoms with Gasteiger partial charge in [-0.05, 0) is 81.1 Å². The zero-order valence-electron chi connectivity index (χ0n) is 19.2. The molecule has 0 fully saturated rings. The number of hydrogen-bond acceptors (Lipinski definition) is 3. The predicted octanol–water partition coefficient (Wildman–Crippen LogP) is 6.10. The molecule has 5 rings (SSSR count). The molecule has 3 aromatic rings. The lowest BCUT2D eigenvalue weighted by molar-refractivity contribution is 0.0975. The minimum atomic E-state index is -0.266. The zero-order valence-corrected chi connectivity index (χ0v) is 19.2. The van der Waals surface area contributed by atoms with E-state index in [-0.39, 0.29) is 23.4 Å². The summed E-state index contributed by atoms with van der Waals surface area (Å²) >= 11 is 0. The monoisotopic (exact) mass is 445 g/mol. The highest BCUT2D eigenvalue weighted by Crippen LogP contribution is 2.42. The number of fused-ring (bicyclic) bond motifs is 2. The topological polar surface area (TPSA) is 38.8 Å². The lowest BCUT2D eigenvalue weighted by Gasteiger charge is -2.35. The van der Waals surface area contributed by atoms with Crippen LogP contribution >= 0.6 is 0 Å². The number of amides is 1. The van der Waals surface area contributed by atoms with Crippen LogP contribution in [0.3, 0.4) is 0 Å². The number of para-hydroxylation sites is 1. The lowest BCUT2D eigenvalue weighted by Crippen LogP contribution is -2.42. The number of aryl methyl sites for hydroxylation is 1. The molecule has 0 saturated carbocycles. The van der Waals surface area contributed by atoms with E-state index in [0.717, 1.165) is 53.1 Å². The van der Waals surface area contributed by atoms with Crippen LogP contribution in [0.2, 0.25) is 0 Å². The SMILES string of the molecule is CC1CCc2cc(F)ccc2N1C(=O)c1ccc(COc2cccc3c2OC(C)(C)C3)cc1. The molecule has 1 unspecified atom stereocenters. The highest BCUT2D eigenvalue weighted by molar-refractivity contribution is 6.07. The first kappa shape index (κ1) is 21.5. The third-order valence-electron chi connectivity index (χ3n) is 6.44. The Bertz CT molecular complexity index is 1200. The molecule has 0 radical (unpaired) electrons. The number of carbonyl (C=O) groups is 1. The van der Waals surface area contributed by atoms with Crippen molar-refractivity contribution >= 4 is 11.6 Å². The van der Waals surface area contributed by atoms with Crippen molar-refractivity contribution in [3.05, 3.63) is 88.7 Å². The van der Waals surface area contributed by atoms with E-state index in [1.165, 1.54) is 12.1 Å². The Morgan fingerprint density at radius 3 is 2.70 bits per heavy atom. The molecule has 170 valence electrons. The van der Waals surface area contributed by atoms with E-state index in [1.807, 2.05) is 43.3 Å². The first-order valence-corrected chi connectivity index (χ1v) is 11.5. The van der Waals surface area contributed by atoms with E-state index < -0.39 is 0 Å². The molecular formula is C28H28FNO3. The van der Waals surface area contributed by atoms with Gasteiger partial charge in [0, 0.05) is 29.3 Å². The molecule has 3 aromatic carbocycles. The summed E-state index contributed by atoms with van der Waals surface area (Å²) < 4.78 is 25.8. The lowest BCUT2D eigenvalue weighted by atomic mass is 9.95. The van der Waals surface area contributed by atoms with Crippen LogP contribution in [-0.2, 0) is 19.4 Å². The Labute approximate surface area is 193 Å². The molecule has 0 aliphatic carbocycles. The van der Waals surface area contributed by atoms with Crippen LogP contribution in [-0.4, -0.2) is 17.6 Å². The van der Waals surface area contributed by atoms with Crippen LogP contribution in [0.15, 0.2) is 60.7 Å². The number of ether oxygens (including phenoxy) is 2. The van der Waals surface area contributed by atoms with E-state index >= 15 is 0 Å². The summed E-state index contributed by atoms with van der Waals surface area (Å²) in [4.78, 5) is 15.1. The number of anilines is 1. The average Bonchev–Trinajstić information content (AvgIpc) is 3.12. The van der Waals surface area contributed by atoms with Crippen molar-refractivity contribution in [1.29, 1.82) is 0 Å². The largest absolute Gasteiger partial charge is 0.485 e. The van der Waals surface area contributed by atoms with Crippen molar-refractivity contribution in [2.75, 3.05) is 4.90 Å². The average molecular weight is 446 g/mol. The van der Waals surface area contributed by atoms with Gasteiger partial charge in [0.2, 0.25) is 0 Å². The maximum absolute atomic E-state index is 13.7. The van der Waals surface area contributed by atoms with Gasteiger partial charge in [-0.15, -0.1) is 0 Å². The predicted molar refractivity (Wildman–Crippen MR) is 127 cm³/mol. The summed E-state index contributed by atoms with van der Waals surface area (Å²) in [6.07, 6.45) is 2.45. The fourth-order valence-electron chi connectivity index (χ4n) is 4.77. The molecule has 2 heterocycles. The van der Waals surface area contributed by atoms with Crippen LogP contribution in [0.5, 0.6) is 11.5 Å². The van der Waals surface area contributed by atoms with Gasteiger partial charge < -0.3 is 14.4 Å². The van der Waals surface area contributed by atoms with Crippen LogP contribution in [0.1, 0.15) is 54.2 Å². The quantitative estimate of drug-likeness (QED) is 0.487. The maximum atomic E-state index is 13.7. The van der Waals surface area contributed by atoms with Crippen LogP contribution in [0.4, 0.5) is 10.1 Å². The molecule has 4 nitrogen and oxygen atoms in total. The van der Waals surface area contributed by atoms with Crippen molar-refractivity contribution in [3.63, 3.8) is 0 Å². The van der Waals surface area contributed by atoms with Gasteiger partial charge in [-0.2, -0.15) is 0 Å². The second-order valence-electron chi connectivity index (χ2n) is 9.60. The summed E-state index contributed by atoms with van der Waals surface area (Å²) in [6, 6.07) is 18.2. The molecular weight excluding hydrogens is 417 g/mol. The van der Waals surface area contributed by atoms with Crippen molar-refractivity contribution < 1.29 is 18.7 Å². The molecule has 0 bridgehead atoms. The second-order valence-corrected chi connectivity index (χ2v) is 9.60. The molecule has 1 atom stereocenters. The minimum Gasteiger partial charge on any atom is -0.485 e. The molecule has 2 aliphatic rings. The number of benzene rings is 3. The van der Waals surface area contributed by atoms with Crippen molar-refractivity contribution in [2.24, 2.45) is 0 Å². The Balaban J connectivity index is 1.30. The molecule has 2 aliphatic heterocycles. The second kappa shape index (κ2) is 8.22. The van der Waals surface area contributed by atoms with Gasteiger partial charge in [-0.3, -0.25) is 4.79 Å². The highest BCUT2D eigenvalue weighted by atomic mass is 19.1. The number of carbonyl (C=O) groups excluding carboxylic acids is 1. The van der Waals surface area contributed by atoms with Crippen molar-refractivity contribution in [1.82, 2.24) is 0 Å². The van der Waals surface area contributed by atoms with Gasteiger partial charge in [0.05, 0.1) is 0 Å². The minimum absolute atomic E-state index is 0.0582. The van der Waals surface area contributed by atoms with E-state index in [9.17, 15) is 9.18 Å². The first-order chi connectivity index (χ1) is 15.8. The van der Waals surface area contributed by atoms with Crippen molar-refractivity contribution in [3.8, 4) is 11.5 Å². The summed E-state index contributed by atoms with van der Waals surface area (Å²) in [7, 11) is 0. The Hall–Kier alpha value is -3.34. The maximum Gasteiger partial charge on any atom is 0.258 e. The first-order valence-electron chi connectivity index (χ1n) is 11.5. The van der Waals surface area contributed by atoms with Gasteiger partial charge in [0.1, 0.15) is 18.0 Å². The molecule has 33 heavy (non-hydrogen) atoms. The van der Waals surface area contributed by atoms with Crippen molar-refractivity contribution in [2.45, 2.75) is 58.3 Å². The number of halogens is 1. The third kappa shape index (κ3) is 4.20.